The van der Waals surface area contributed by atoms with Crippen LogP contribution < -0.4 is 9.75 Å². The van der Waals surface area contributed by atoms with Gasteiger partial charge < -0.3 is 0 Å². The van der Waals surface area contributed by atoms with Crippen molar-refractivity contribution < 1.29 is 0 Å². The van der Waals surface area contributed by atoms with Gasteiger partial charge in [-0.1, -0.05) is 33.4 Å². The smallest absolute Gasteiger partial charge is 0.0586 e. The third-order valence-corrected chi connectivity index (χ3v) is 2.20. The fourth-order valence-electron chi connectivity index (χ4n) is 0.889. The van der Waals surface area contributed by atoms with Crippen LogP contribution in [0.1, 0.15) is 32.9 Å². The molecule has 0 aromatic carbocycles. The molecule has 0 spiro atoms. The van der Waals surface area contributed by atoms with E-state index in [0.717, 1.165) is 16.6 Å². The molecule has 0 saturated heterocycles. The molecule has 0 N–H and O–H groups in total. The van der Waals surface area contributed by atoms with Crippen LogP contribution in [0.15, 0.2) is 0 Å². The number of nitrogens with zero attached hydrogens (tertiary/aromatic N) is 1. The van der Waals surface area contributed by atoms with Gasteiger partial charge in [0.05, 0.1) is 5.69 Å². The van der Waals surface area contributed by atoms with E-state index in [9.17, 15) is 0 Å². The molecular formula is C10H17NS. The lowest BCUT2D eigenvalue weighted by Crippen LogP contribution is -2.18. The van der Waals surface area contributed by atoms with Crippen molar-refractivity contribution in [1.82, 2.24) is 4.37 Å². The summed E-state index contributed by atoms with van der Waals surface area (Å²) in [4.78, 5) is 0. The van der Waals surface area contributed by atoms with E-state index < -0.39 is 0 Å². The Hall–Kier alpha value is -0.630. The summed E-state index contributed by atoms with van der Waals surface area (Å²) in [5.41, 5.74) is 1.11. The van der Waals surface area contributed by atoms with Gasteiger partial charge in [-0.2, -0.15) is 4.37 Å². The summed E-state index contributed by atoms with van der Waals surface area (Å²) in [6.07, 6.45) is 3.23. The Morgan fingerprint density at radius 2 is 2.08 bits per heavy atom. The molecule has 0 saturated carbocycles. The predicted molar refractivity (Wildman–Crippen MR) is 57.7 cm³/mol. The molecule has 0 amide bonds. The first-order chi connectivity index (χ1) is 5.75. The number of hydrogen-bond donors (Lipinski definition) is 0. The fourth-order valence-corrected chi connectivity index (χ4v) is 1.56. The lowest BCUT2D eigenvalue weighted by atomic mass is 10.3. The summed E-state index contributed by atoms with van der Waals surface area (Å²) in [5, 5.41) is 1.23. The summed E-state index contributed by atoms with van der Waals surface area (Å²) in [6.45, 7) is 12.0. The fraction of sp³-hybridized carbons (Fsp3) is 0.500. The second-order valence-electron chi connectivity index (χ2n) is 2.22. The number of rotatable bonds is 1. The lowest BCUT2D eigenvalue weighted by molar-refractivity contribution is 1.25. The van der Waals surface area contributed by atoms with E-state index in [0.29, 0.717) is 0 Å². The van der Waals surface area contributed by atoms with Crippen molar-refractivity contribution in [2.24, 2.45) is 0 Å². The minimum atomic E-state index is 1.06. The zero-order chi connectivity index (χ0) is 9.56. The molecule has 1 aromatic heterocycles. The van der Waals surface area contributed by atoms with E-state index in [1.54, 1.807) is 0 Å². The molecule has 1 rings (SSSR count). The minimum Gasteiger partial charge on any atom is -0.197 e. The molecule has 68 valence electrons. The molecule has 0 unspecified atom stereocenters. The quantitative estimate of drug-likeness (QED) is 0.649. The van der Waals surface area contributed by atoms with Crippen molar-refractivity contribution in [2.75, 3.05) is 0 Å². The molecular weight excluding hydrogens is 166 g/mol. The van der Waals surface area contributed by atoms with E-state index in [-0.39, 0.29) is 0 Å². The minimum absolute atomic E-state index is 1.06. The van der Waals surface area contributed by atoms with E-state index in [4.69, 9.17) is 0 Å². The predicted octanol–water partition coefficient (Wildman–Crippen LogP) is 2.08. The molecule has 12 heavy (non-hydrogen) atoms. The van der Waals surface area contributed by atoms with Crippen molar-refractivity contribution in [3.63, 3.8) is 0 Å². The summed E-state index contributed by atoms with van der Waals surface area (Å²) < 4.78 is 5.27. The Balaban J connectivity index is 0.000000561. The van der Waals surface area contributed by atoms with Gasteiger partial charge in [0.15, 0.2) is 0 Å². The highest BCUT2D eigenvalue weighted by Gasteiger charge is 1.91. The topological polar surface area (TPSA) is 12.9 Å². The van der Waals surface area contributed by atoms with E-state index in [1.165, 1.54) is 16.8 Å². The van der Waals surface area contributed by atoms with Crippen molar-refractivity contribution in [1.29, 1.82) is 0 Å². The Labute approximate surface area is 78.6 Å². The van der Waals surface area contributed by atoms with Gasteiger partial charge in [0.1, 0.15) is 0 Å². The first-order valence-electron chi connectivity index (χ1n) is 4.37. The van der Waals surface area contributed by atoms with Crippen LogP contribution in [0.2, 0.25) is 0 Å². The molecule has 0 aliphatic carbocycles. The molecule has 0 radical (unpaired) electrons. The van der Waals surface area contributed by atoms with Gasteiger partial charge in [-0.25, -0.2) is 0 Å². The molecule has 0 fully saturated rings. The third-order valence-electron chi connectivity index (χ3n) is 1.39. The van der Waals surface area contributed by atoms with Crippen LogP contribution in [0.25, 0.3) is 12.7 Å². The average Bonchev–Trinajstić information content (AvgIpc) is 2.40. The molecule has 1 heterocycles. The van der Waals surface area contributed by atoms with E-state index >= 15 is 0 Å². The van der Waals surface area contributed by atoms with Gasteiger partial charge >= 0.3 is 0 Å². The van der Waals surface area contributed by atoms with Crippen molar-refractivity contribution in [2.45, 2.75) is 34.1 Å². The Morgan fingerprint density at radius 3 is 2.42 bits per heavy atom. The van der Waals surface area contributed by atoms with Gasteiger partial charge in [0, 0.05) is 9.75 Å². The SMILES string of the molecule is C=c1snc(C)/c1=C/CC.CC. The Morgan fingerprint density at radius 1 is 1.50 bits per heavy atom. The molecule has 1 aromatic rings. The molecule has 0 aliphatic heterocycles. The van der Waals surface area contributed by atoms with Crippen LogP contribution in [0.4, 0.5) is 0 Å². The molecule has 1 nitrogen and oxygen atoms in total. The van der Waals surface area contributed by atoms with Crippen molar-refractivity contribution in [3.05, 3.63) is 15.4 Å². The molecule has 0 atom stereocenters. The zero-order valence-electron chi connectivity index (χ0n) is 8.35. The zero-order valence-corrected chi connectivity index (χ0v) is 9.16. The Bertz CT molecular complexity index is 311. The van der Waals surface area contributed by atoms with Crippen molar-refractivity contribution >= 4 is 24.2 Å². The van der Waals surface area contributed by atoms with Gasteiger partial charge in [-0.3, -0.25) is 0 Å². The maximum atomic E-state index is 4.18. The Kier molecular flexibility index (Phi) is 5.64. The van der Waals surface area contributed by atoms with Crippen LogP contribution in [0, 0.1) is 6.92 Å². The standard InChI is InChI=1S/C8H11NS.C2H6/c1-4-5-8-6(2)9-10-7(8)3;1-2/h5H,3-4H2,1-2H3;1-2H3/b8-5-;. The summed E-state index contributed by atoms with van der Waals surface area (Å²) in [6, 6.07) is 0. The first kappa shape index (κ1) is 11.4. The second-order valence-corrected chi connectivity index (χ2v) is 3.08. The summed E-state index contributed by atoms with van der Waals surface area (Å²) in [5.74, 6) is 0. The third kappa shape index (κ3) is 2.78. The normalized spacial score (nSPS) is 10.8. The average molecular weight is 183 g/mol. The maximum Gasteiger partial charge on any atom is 0.0586 e. The highest BCUT2D eigenvalue weighted by atomic mass is 32.1. The molecule has 0 bridgehead atoms. The molecule has 2 heteroatoms. The maximum absolute atomic E-state index is 4.18. The van der Waals surface area contributed by atoms with Gasteiger partial charge in [-0.05, 0) is 24.9 Å². The largest absolute Gasteiger partial charge is 0.197 e. The van der Waals surface area contributed by atoms with Gasteiger partial charge in [0.25, 0.3) is 0 Å². The first-order valence-corrected chi connectivity index (χ1v) is 5.14. The van der Waals surface area contributed by atoms with Crippen LogP contribution in [-0.2, 0) is 0 Å². The number of aryl methyl sites for hydroxylation is 1. The monoisotopic (exact) mass is 183 g/mol. The summed E-state index contributed by atoms with van der Waals surface area (Å²) in [7, 11) is 0. The number of aromatic nitrogens is 1. The van der Waals surface area contributed by atoms with E-state index in [1.807, 2.05) is 20.8 Å². The van der Waals surface area contributed by atoms with Crippen LogP contribution in [0.5, 0.6) is 0 Å². The highest BCUT2D eigenvalue weighted by molar-refractivity contribution is 7.03. The van der Waals surface area contributed by atoms with Crippen LogP contribution in [0.3, 0.4) is 0 Å². The highest BCUT2D eigenvalue weighted by Crippen LogP contribution is 1.83. The van der Waals surface area contributed by atoms with E-state index in [2.05, 4.69) is 24.0 Å². The lowest BCUT2D eigenvalue weighted by Gasteiger charge is -1.78. The van der Waals surface area contributed by atoms with Crippen molar-refractivity contribution in [3.8, 4) is 0 Å². The summed E-state index contributed by atoms with van der Waals surface area (Å²) >= 11 is 1.48. The second kappa shape index (κ2) is 5.95. The van der Waals surface area contributed by atoms with Crippen LogP contribution in [-0.4, -0.2) is 4.37 Å². The van der Waals surface area contributed by atoms with Gasteiger partial charge in [-0.15, -0.1) is 0 Å². The number of hydrogen-bond acceptors (Lipinski definition) is 2. The molecule has 0 aliphatic rings. The van der Waals surface area contributed by atoms with Gasteiger partial charge in [0.2, 0.25) is 0 Å². The van der Waals surface area contributed by atoms with Crippen LogP contribution >= 0.6 is 11.5 Å².